The Balaban J connectivity index is 1.61. The number of rotatable bonds is 9. The normalized spacial score (nSPS) is 10.6. The summed E-state index contributed by atoms with van der Waals surface area (Å²) in [6.07, 6.45) is 3.23. The number of hydrogen-bond acceptors (Lipinski definition) is 6. The molecule has 0 saturated heterocycles. The Labute approximate surface area is 178 Å². The molecule has 2 aromatic heterocycles. The van der Waals surface area contributed by atoms with Gasteiger partial charge < -0.3 is 10.1 Å². The third kappa shape index (κ3) is 5.82. The van der Waals surface area contributed by atoms with Gasteiger partial charge in [0.15, 0.2) is 11.0 Å². The first-order valence-electron chi connectivity index (χ1n) is 8.82. The van der Waals surface area contributed by atoms with Gasteiger partial charge in [-0.1, -0.05) is 47.6 Å². The number of para-hydroxylation sites is 1. The van der Waals surface area contributed by atoms with Crippen LogP contribution in [0.15, 0.2) is 60.4 Å². The van der Waals surface area contributed by atoms with Crippen LogP contribution in [0.25, 0.3) is 0 Å². The average molecular weight is 430 g/mol. The minimum absolute atomic E-state index is 0.165. The van der Waals surface area contributed by atoms with Gasteiger partial charge in [0.05, 0.1) is 10.8 Å². The van der Waals surface area contributed by atoms with Crippen molar-refractivity contribution in [3.05, 3.63) is 71.7 Å². The second kappa shape index (κ2) is 10.1. The molecule has 0 bridgehead atoms. The van der Waals surface area contributed by atoms with Crippen LogP contribution in [0.4, 0.5) is 5.82 Å². The lowest BCUT2D eigenvalue weighted by Crippen LogP contribution is -2.15. The van der Waals surface area contributed by atoms with Gasteiger partial charge in [-0.15, -0.1) is 16.8 Å². The number of carbonyl (C=O) groups is 1. The first-order chi connectivity index (χ1) is 14.1. The largest absolute Gasteiger partial charge is 0.485 e. The fourth-order valence-electron chi connectivity index (χ4n) is 2.46. The molecule has 0 fully saturated rings. The first kappa shape index (κ1) is 20.9. The quantitative estimate of drug-likeness (QED) is 0.407. The van der Waals surface area contributed by atoms with Crippen LogP contribution in [-0.2, 0) is 17.9 Å². The van der Waals surface area contributed by atoms with E-state index in [-0.39, 0.29) is 18.3 Å². The Bertz CT molecular complexity index is 991. The predicted molar refractivity (Wildman–Crippen MR) is 114 cm³/mol. The van der Waals surface area contributed by atoms with Crippen LogP contribution in [0.2, 0.25) is 5.02 Å². The number of pyridine rings is 1. The minimum Gasteiger partial charge on any atom is -0.485 e. The van der Waals surface area contributed by atoms with Crippen LogP contribution in [0.1, 0.15) is 11.4 Å². The number of aromatic nitrogens is 4. The zero-order valence-corrected chi connectivity index (χ0v) is 17.4. The van der Waals surface area contributed by atoms with Crippen molar-refractivity contribution >= 4 is 35.1 Å². The zero-order chi connectivity index (χ0) is 20.6. The van der Waals surface area contributed by atoms with Gasteiger partial charge >= 0.3 is 0 Å². The van der Waals surface area contributed by atoms with E-state index in [0.717, 1.165) is 11.3 Å². The molecule has 0 saturated carbocycles. The molecule has 0 unspecified atom stereocenters. The summed E-state index contributed by atoms with van der Waals surface area (Å²) in [4.78, 5) is 16.2. The molecule has 7 nitrogen and oxygen atoms in total. The summed E-state index contributed by atoms with van der Waals surface area (Å²) < 4.78 is 7.75. The summed E-state index contributed by atoms with van der Waals surface area (Å²) in [5.41, 5.74) is 1.05. The molecule has 1 aromatic carbocycles. The highest BCUT2D eigenvalue weighted by molar-refractivity contribution is 7.99. The van der Waals surface area contributed by atoms with E-state index in [1.807, 2.05) is 35.8 Å². The summed E-state index contributed by atoms with van der Waals surface area (Å²) >= 11 is 7.08. The Morgan fingerprint density at radius 1 is 1.31 bits per heavy atom. The molecule has 0 radical (unpaired) electrons. The lowest BCUT2D eigenvalue weighted by Gasteiger charge is -2.10. The zero-order valence-electron chi connectivity index (χ0n) is 15.8. The molecule has 150 valence electrons. The van der Waals surface area contributed by atoms with Crippen LogP contribution in [0, 0.1) is 6.92 Å². The van der Waals surface area contributed by atoms with Gasteiger partial charge in [0.1, 0.15) is 18.2 Å². The maximum atomic E-state index is 12.2. The predicted octanol–water partition coefficient (Wildman–Crippen LogP) is 4.13. The number of ether oxygens (including phenoxy) is 1. The van der Waals surface area contributed by atoms with Crippen LogP contribution >= 0.6 is 23.4 Å². The van der Waals surface area contributed by atoms with Crippen molar-refractivity contribution in [3.8, 4) is 5.75 Å². The molecule has 3 rings (SSSR count). The van der Waals surface area contributed by atoms with Gasteiger partial charge in [-0.2, -0.15) is 0 Å². The van der Waals surface area contributed by atoms with Crippen molar-refractivity contribution < 1.29 is 9.53 Å². The number of allylic oxidation sites excluding steroid dienone is 1. The van der Waals surface area contributed by atoms with Gasteiger partial charge in [-0.3, -0.25) is 9.36 Å². The third-order valence-electron chi connectivity index (χ3n) is 3.88. The summed E-state index contributed by atoms with van der Waals surface area (Å²) in [6, 6.07) is 11.1. The number of hydrogen-bond donors (Lipinski definition) is 1. The third-order valence-corrected chi connectivity index (χ3v) is 5.07. The van der Waals surface area contributed by atoms with E-state index in [0.29, 0.717) is 28.4 Å². The molecule has 29 heavy (non-hydrogen) atoms. The molecular formula is C20H20ClN5O2S. The van der Waals surface area contributed by atoms with Crippen LogP contribution < -0.4 is 10.1 Å². The van der Waals surface area contributed by atoms with Crippen LogP contribution in [-0.4, -0.2) is 31.4 Å². The number of thioether (sulfide) groups is 1. The maximum absolute atomic E-state index is 12.2. The molecule has 9 heteroatoms. The van der Waals surface area contributed by atoms with E-state index in [2.05, 4.69) is 27.1 Å². The molecule has 0 atom stereocenters. The molecule has 1 amide bonds. The van der Waals surface area contributed by atoms with E-state index in [4.69, 9.17) is 16.3 Å². The molecule has 1 N–H and O–H groups in total. The Morgan fingerprint density at radius 2 is 2.14 bits per heavy atom. The summed E-state index contributed by atoms with van der Waals surface area (Å²) in [5, 5.41) is 12.3. The van der Waals surface area contributed by atoms with E-state index in [1.165, 1.54) is 18.0 Å². The smallest absolute Gasteiger partial charge is 0.236 e. The van der Waals surface area contributed by atoms with Gasteiger partial charge in [0, 0.05) is 12.7 Å². The van der Waals surface area contributed by atoms with Crippen molar-refractivity contribution in [2.24, 2.45) is 0 Å². The van der Waals surface area contributed by atoms with E-state index in [9.17, 15) is 4.79 Å². The number of carbonyl (C=O) groups excluding carboxylic acids is 1. The second-order valence-electron chi connectivity index (χ2n) is 6.05. The minimum atomic E-state index is -0.198. The molecule has 0 aliphatic heterocycles. The second-order valence-corrected chi connectivity index (χ2v) is 7.43. The monoisotopic (exact) mass is 429 g/mol. The van der Waals surface area contributed by atoms with Gasteiger partial charge in [0.2, 0.25) is 5.91 Å². The number of amides is 1. The summed E-state index contributed by atoms with van der Waals surface area (Å²) in [7, 11) is 0. The molecule has 0 spiro atoms. The number of aryl methyl sites for hydroxylation is 1. The number of halogens is 1. The SMILES string of the molecule is C=CCn1c(COc2ccccc2C)nnc1SCC(=O)Nc1ccc(Cl)cn1. The summed E-state index contributed by atoms with van der Waals surface area (Å²) in [5.74, 6) is 1.87. The van der Waals surface area contributed by atoms with Crippen LogP contribution in [0.5, 0.6) is 5.75 Å². The lowest BCUT2D eigenvalue weighted by atomic mass is 10.2. The van der Waals surface area contributed by atoms with Crippen LogP contribution in [0.3, 0.4) is 0 Å². The van der Waals surface area contributed by atoms with Crippen molar-refractivity contribution in [1.29, 1.82) is 0 Å². The number of anilines is 1. The fraction of sp³-hybridized carbons (Fsp3) is 0.200. The first-order valence-corrected chi connectivity index (χ1v) is 10.2. The molecule has 2 heterocycles. The lowest BCUT2D eigenvalue weighted by molar-refractivity contribution is -0.113. The maximum Gasteiger partial charge on any atom is 0.236 e. The molecule has 3 aromatic rings. The number of nitrogens with one attached hydrogen (secondary N) is 1. The van der Waals surface area contributed by atoms with Crippen molar-refractivity contribution in [2.45, 2.75) is 25.2 Å². The van der Waals surface area contributed by atoms with Crippen molar-refractivity contribution in [2.75, 3.05) is 11.1 Å². The fourth-order valence-corrected chi connectivity index (χ4v) is 3.34. The van der Waals surface area contributed by atoms with Crippen molar-refractivity contribution in [3.63, 3.8) is 0 Å². The van der Waals surface area contributed by atoms with Gasteiger partial charge in [0.25, 0.3) is 0 Å². The summed E-state index contributed by atoms with van der Waals surface area (Å²) in [6.45, 7) is 6.56. The molecular weight excluding hydrogens is 410 g/mol. The molecule has 0 aliphatic rings. The van der Waals surface area contributed by atoms with E-state index in [1.54, 1.807) is 18.2 Å². The number of benzene rings is 1. The molecule has 0 aliphatic carbocycles. The van der Waals surface area contributed by atoms with Crippen molar-refractivity contribution in [1.82, 2.24) is 19.7 Å². The topological polar surface area (TPSA) is 81.9 Å². The van der Waals surface area contributed by atoms with Gasteiger partial charge in [-0.25, -0.2) is 4.98 Å². The van der Waals surface area contributed by atoms with E-state index >= 15 is 0 Å². The van der Waals surface area contributed by atoms with Gasteiger partial charge in [-0.05, 0) is 30.7 Å². The highest BCUT2D eigenvalue weighted by Gasteiger charge is 2.14. The Kier molecular flexibility index (Phi) is 7.26. The number of nitrogens with zero attached hydrogens (tertiary/aromatic N) is 4. The highest BCUT2D eigenvalue weighted by atomic mass is 35.5. The average Bonchev–Trinajstić information content (AvgIpc) is 3.09. The van der Waals surface area contributed by atoms with E-state index < -0.39 is 0 Å². The Hall–Kier alpha value is -2.84. The Morgan fingerprint density at radius 3 is 2.86 bits per heavy atom. The standard InChI is InChI=1S/C20H20ClN5O2S/c1-3-10-26-18(12-28-16-7-5-4-6-14(16)2)24-25-20(26)29-13-19(27)23-17-9-8-15(21)11-22-17/h3-9,11H,1,10,12-13H2,2H3,(H,22,23,27). The highest BCUT2D eigenvalue weighted by Crippen LogP contribution is 2.21.